The van der Waals surface area contributed by atoms with Crippen molar-refractivity contribution in [2.75, 3.05) is 11.9 Å². The van der Waals surface area contributed by atoms with Crippen LogP contribution in [-0.2, 0) is 0 Å². The predicted octanol–water partition coefficient (Wildman–Crippen LogP) is 10.0. The number of nitrogens with zero attached hydrogens (tertiary/aromatic N) is 2. The standard InChI is InChI=1S/C45H36N4O/c1-49-40-26-24-36-27-35(23-25-39(36)41(40)50-45(49)32-17-9-4-10-18-32)34-20-12-22-38(29-34)44-47-42(31-15-7-3-8-16-31)46-43(48-44)37-21-11-19-33(28-37)30-13-5-2-6-14-30/h2-29,42-43,45-46H,1H3,(H,47,48). The molecule has 0 bridgehead atoms. The normalized spacial score (nSPS) is 18.2. The molecule has 0 spiro atoms. The van der Waals surface area contributed by atoms with E-state index in [1.54, 1.807) is 0 Å². The summed E-state index contributed by atoms with van der Waals surface area (Å²) >= 11 is 0. The first-order valence-electron chi connectivity index (χ1n) is 17.1. The van der Waals surface area contributed by atoms with Gasteiger partial charge in [0.15, 0.2) is 12.0 Å². The number of rotatable bonds is 6. The maximum atomic E-state index is 6.58. The number of hydrogen-bond acceptors (Lipinski definition) is 5. The van der Waals surface area contributed by atoms with E-state index in [0.29, 0.717) is 0 Å². The smallest absolute Gasteiger partial charge is 0.198 e. The summed E-state index contributed by atoms with van der Waals surface area (Å²) in [6.45, 7) is 0. The van der Waals surface area contributed by atoms with E-state index in [2.05, 4.69) is 186 Å². The summed E-state index contributed by atoms with van der Waals surface area (Å²) in [5, 5.41) is 9.72. The van der Waals surface area contributed by atoms with Crippen LogP contribution in [0.1, 0.15) is 40.8 Å². The number of aliphatic imine (C=N–C) groups is 1. The number of ether oxygens (including phenoxy) is 1. The SMILES string of the molecule is CN1c2ccc3cc(-c4cccc(C5=NC(c6cccc(-c7ccccc7)c6)NC(c6ccccc6)N5)c4)ccc3c2OC1c1ccccc1. The summed E-state index contributed by atoms with van der Waals surface area (Å²) < 4.78 is 6.58. The van der Waals surface area contributed by atoms with Gasteiger partial charge >= 0.3 is 0 Å². The second-order valence-corrected chi connectivity index (χ2v) is 12.9. The Labute approximate surface area is 292 Å². The Morgan fingerprint density at radius 2 is 1.16 bits per heavy atom. The molecule has 5 heteroatoms. The first-order chi connectivity index (χ1) is 24.7. The summed E-state index contributed by atoms with van der Waals surface area (Å²) in [4.78, 5) is 7.48. The molecule has 2 N–H and O–H groups in total. The maximum absolute atomic E-state index is 6.58. The molecule has 3 atom stereocenters. The van der Waals surface area contributed by atoms with Gasteiger partial charge in [-0.3, -0.25) is 5.32 Å². The average Bonchev–Trinajstić information content (AvgIpc) is 3.55. The molecule has 5 nitrogen and oxygen atoms in total. The van der Waals surface area contributed by atoms with Crippen molar-refractivity contribution in [2.24, 2.45) is 4.99 Å². The summed E-state index contributed by atoms with van der Waals surface area (Å²) in [5.41, 5.74) is 10.2. The summed E-state index contributed by atoms with van der Waals surface area (Å²) in [7, 11) is 2.10. The lowest BCUT2D eigenvalue weighted by Crippen LogP contribution is -2.44. The van der Waals surface area contributed by atoms with E-state index in [-0.39, 0.29) is 18.6 Å². The van der Waals surface area contributed by atoms with Crippen LogP contribution >= 0.6 is 0 Å². The minimum absolute atomic E-state index is 0.113. The average molecular weight is 649 g/mol. The first-order valence-corrected chi connectivity index (χ1v) is 17.1. The molecular weight excluding hydrogens is 613 g/mol. The van der Waals surface area contributed by atoms with Crippen molar-refractivity contribution in [3.8, 4) is 28.0 Å². The van der Waals surface area contributed by atoms with Crippen molar-refractivity contribution >= 4 is 22.3 Å². The van der Waals surface area contributed by atoms with Crippen molar-refractivity contribution < 1.29 is 4.74 Å². The molecule has 7 aromatic rings. The van der Waals surface area contributed by atoms with Gasteiger partial charge in [-0.05, 0) is 69.1 Å². The van der Waals surface area contributed by atoms with Crippen LogP contribution in [-0.4, -0.2) is 12.9 Å². The Morgan fingerprint density at radius 3 is 1.94 bits per heavy atom. The third-order valence-electron chi connectivity index (χ3n) is 9.77. The zero-order chi connectivity index (χ0) is 33.4. The van der Waals surface area contributed by atoms with Gasteiger partial charge in [-0.15, -0.1) is 0 Å². The number of amidine groups is 1. The molecule has 7 aromatic carbocycles. The molecule has 2 heterocycles. The number of hydrogen-bond donors (Lipinski definition) is 2. The van der Waals surface area contributed by atoms with Crippen LogP contribution in [0.4, 0.5) is 5.69 Å². The van der Waals surface area contributed by atoms with Gasteiger partial charge in [0.05, 0.1) is 5.69 Å². The lowest BCUT2D eigenvalue weighted by Gasteiger charge is -2.32. The highest BCUT2D eigenvalue weighted by Crippen LogP contribution is 2.47. The fourth-order valence-electron chi connectivity index (χ4n) is 7.16. The van der Waals surface area contributed by atoms with Crippen LogP contribution in [0.25, 0.3) is 33.0 Å². The topological polar surface area (TPSA) is 48.9 Å². The highest BCUT2D eigenvalue weighted by atomic mass is 16.5. The van der Waals surface area contributed by atoms with E-state index in [1.807, 2.05) is 6.07 Å². The van der Waals surface area contributed by atoms with Crippen LogP contribution in [0.5, 0.6) is 5.75 Å². The lowest BCUT2D eigenvalue weighted by atomic mass is 9.98. The molecular formula is C45H36N4O. The predicted molar refractivity (Wildman–Crippen MR) is 204 cm³/mol. The molecule has 0 amide bonds. The van der Waals surface area contributed by atoms with Crippen molar-refractivity contribution in [2.45, 2.75) is 18.6 Å². The Balaban J connectivity index is 1.06. The molecule has 0 saturated carbocycles. The molecule has 2 aliphatic rings. The molecule has 0 aliphatic carbocycles. The van der Waals surface area contributed by atoms with Crippen LogP contribution in [0.3, 0.4) is 0 Å². The van der Waals surface area contributed by atoms with Gasteiger partial charge in [-0.25, -0.2) is 4.99 Å². The van der Waals surface area contributed by atoms with Gasteiger partial charge in [0, 0.05) is 23.6 Å². The van der Waals surface area contributed by atoms with E-state index >= 15 is 0 Å². The fourth-order valence-corrected chi connectivity index (χ4v) is 7.16. The quantitative estimate of drug-likeness (QED) is 0.188. The second-order valence-electron chi connectivity index (χ2n) is 12.9. The third-order valence-corrected chi connectivity index (χ3v) is 9.77. The Hall–Kier alpha value is -6.17. The van der Waals surface area contributed by atoms with Gasteiger partial charge in [0.25, 0.3) is 0 Å². The zero-order valence-electron chi connectivity index (χ0n) is 27.7. The number of anilines is 1. The highest BCUT2D eigenvalue weighted by molar-refractivity contribution is 6.01. The number of benzene rings is 7. The van der Waals surface area contributed by atoms with Crippen molar-refractivity contribution in [3.05, 3.63) is 192 Å². The minimum Gasteiger partial charge on any atom is -0.463 e. The summed E-state index contributed by atoms with van der Waals surface area (Å²) in [5.74, 6) is 1.79. The maximum Gasteiger partial charge on any atom is 0.198 e. The van der Waals surface area contributed by atoms with E-state index in [9.17, 15) is 0 Å². The van der Waals surface area contributed by atoms with E-state index in [1.165, 1.54) is 11.1 Å². The van der Waals surface area contributed by atoms with E-state index in [4.69, 9.17) is 9.73 Å². The summed E-state index contributed by atoms with van der Waals surface area (Å²) in [6, 6.07) is 59.8. The molecule has 2 aliphatic heterocycles. The molecule has 0 aromatic heterocycles. The Kier molecular flexibility index (Phi) is 7.60. The van der Waals surface area contributed by atoms with Crippen LogP contribution in [0.2, 0.25) is 0 Å². The molecule has 0 radical (unpaired) electrons. The first kappa shape index (κ1) is 29.9. The molecule has 3 unspecified atom stereocenters. The molecule has 50 heavy (non-hydrogen) atoms. The third kappa shape index (κ3) is 5.58. The molecule has 242 valence electrons. The van der Waals surface area contributed by atoms with Gasteiger partial charge in [0.2, 0.25) is 0 Å². The summed E-state index contributed by atoms with van der Waals surface area (Å²) in [6.07, 6.45) is -0.488. The van der Waals surface area contributed by atoms with Gasteiger partial charge in [-0.1, -0.05) is 140 Å². The Bertz CT molecular complexity index is 2340. The lowest BCUT2D eigenvalue weighted by molar-refractivity contribution is 0.237. The van der Waals surface area contributed by atoms with Crippen molar-refractivity contribution in [3.63, 3.8) is 0 Å². The van der Waals surface area contributed by atoms with Gasteiger partial charge in [-0.2, -0.15) is 0 Å². The largest absolute Gasteiger partial charge is 0.463 e. The van der Waals surface area contributed by atoms with Crippen molar-refractivity contribution in [1.82, 2.24) is 10.6 Å². The fraction of sp³-hybridized carbons (Fsp3) is 0.0889. The van der Waals surface area contributed by atoms with Crippen LogP contribution in [0.15, 0.2) is 175 Å². The number of nitrogens with one attached hydrogen (secondary N) is 2. The zero-order valence-corrected chi connectivity index (χ0v) is 27.7. The molecule has 0 fully saturated rings. The van der Waals surface area contributed by atoms with Gasteiger partial charge < -0.3 is 15.0 Å². The minimum atomic E-state index is -0.232. The van der Waals surface area contributed by atoms with E-state index in [0.717, 1.165) is 61.4 Å². The van der Waals surface area contributed by atoms with Crippen molar-refractivity contribution in [1.29, 1.82) is 0 Å². The van der Waals surface area contributed by atoms with E-state index < -0.39 is 0 Å². The highest BCUT2D eigenvalue weighted by Gasteiger charge is 2.31. The number of fused-ring (bicyclic) bond motifs is 3. The molecule has 9 rings (SSSR count). The monoisotopic (exact) mass is 648 g/mol. The van der Waals surface area contributed by atoms with Crippen LogP contribution < -0.4 is 20.3 Å². The van der Waals surface area contributed by atoms with Gasteiger partial charge in [0.1, 0.15) is 18.2 Å². The molecule has 0 saturated heterocycles. The van der Waals surface area contributed by atoms with Crippen LogP contribution in [0, 0.1) is 0 Å². The second kappa shape index (κ2) is 12.7. The Morgan fingerprint density at radius 1 is 0.540 bits per heavy atom.